The Bertz CT molecular complexity index is 1820. The smallest absolute Gasteiger partial charge is 0.418 e. The molecule has 46 heavy (non-hydrogen) atoms. The Labute approximate surface area is 270 Å². The molecule has 0 fully saturated rings. The number of benzene rings is 2. The molecule has 13 nitrogen and oxygen atoms in total. The van der Waals surface area contributed by atoms with Crippen LogP contribution in [0.25, 0.3) is 0 Å². The highest BCUT2D eigenvalue weighted by atomic mass is 35.5. The molecule has 0 radical (unpaired) electrons. The summed E-state index contributed by atoms with van der Waals surface area (Å²) in [5.74, 6) is -1.36. The fourth-order valence-corrected chi connectivity index (χ4v) is 5.14. The monoisotopic (exact) mass is 670 g/mol. The maximum Gasteiger partial charge on any atom is 0.418 e. The van der Waals surface area contributed by atoms with Crippen molar-refractivity contribution >= 4 is 45.2 Å². The maximum atomic E-state index is 13.8. The van der Waals surface area contributed by atoms with Gasteiger partial charge in [-0.2, -0.15) is 8.42 Å². The SMILES string of the molecule is CCOc1cc(C(=O)OC)c(OC(=O)Nc2ccccn2)c(NS(=O)(=O)c2ccc(C(C)C)cn2)c1Oc1cc(OC)ccc1Cl. The highest BCUT2D eigenvalue weighted by molar-refractivity contribution is 7.92. The third-order valence-corrected chi connectivity index (χ3v) is 7.86. The van der Waals surface area contributed by atoms with Crippen molar-refractivity contribution < 1.29 is 41.7 Å². The molecule has 2 N–H and O–H groups in total. The van der Waals surface area contributed by atoms with E-state index in [0.29, 0.717) is 5.75 Å². The molecule has 242 valence electrons. The average Bonchev–Trinajstić information content (AvgIpc) is 3.04. The highest BCUT2D eigenvalue weighted by Gasteiger charge is 2.32. The van der Waals surface area contributed by atoms with E-state index < -0.39 is 33.5 Å². The fraction of sp³-hybridized carbons (Fsp3) is 0.226. The van der Waals surface area contributed by atoms with Gasteiger partial charge >= 0.3 is 12.1 Å². The summed E-state index contributed by atoms with van der Waals surface area (Å²) in [6, 6.07) is 13.4. The predicted molar refractivity (Wildman–Crippen MR) is 170 cm³/mol. The zero-order valence-corrected chi connectivity index (χ0v) is 27.1. The lowest BCUT2D eigenvalue weighted by Gasteiger charge is -2.22. The molecule has 0 saturated heterocycles. The molecule has 2 aromatic carbocycles. The third-order valence-electron chi connectivity index (χ3n) is 6.28. The summed E-state index contributed by atoms with van der Waals surface area (Å²) in [4.78, 5) is 34.3. The van der Waals surface area contributed by atoms with E-state index in [-0.39, 0.29) is 51.2 Å². The number of pyridine rings is 2. The third kappa shape index (κ3) is 7.95. The molecule has 0 atom stereocenters. The first-order chi connectivity index (χ1) is 22.0. The number of aromatic nitrogens is 2. The van der Waals surface area contributed by atoms with Crippen molar-refractivity contribution in [3.05, 3.63) is 83.1 Å². The van der Waals surface area contributed by atoms with Crippen LogP contribution in [0, 0.1) is 0 Å². The van der Waals surface area contributed by atoms with E-state index >= 15 is 0 Å². The lowest BCUT2D eigenvalue weighted by Crippen LogP contribution is -2.22. The number of hydrogen-bond acceptors (Lipinski definition) is 11. The minimum Gasteiger partial charge on any atom is -0.497 e. The summed E-state index contributed by atoms with van der Waals surface area (Å²) < 4.78 is 57.7. The van der Waals surface area contributed by atoms with Gasteiger partial charge in [-0.25, -0.2) is 19.6 Å². The largest absolute Gasteiger partial charge is 0.497 e. The van der Waals surface area contributed by atoms with Crippen molar-refractivity contribution in [2.24, 2.45) is 0 Å². The number of hydrogen-bond donors (Lipinski definition) is 2. The highest BCUT2D eigenvalue weighted by Crippen LogP contribution is 2.49. The number of ether oxygens (including phenoxy) is 5. The number of halogens is 1. The average molecular weight is 671 g/mol. The van der Waals surface area contributed by atoms with E-state index in [0.717, 1.165) is 12.7 Å². The molecule has 0 aliphatic carbocycles. The molecule has 0 spiro atoms. The number of amides is 1. The summed E-state index contributed by atoms with van der Waals surface area (Å²) in [7, 11) is -1.98. The van der Waals surface area contributed by atoms with E-state index in [9.17, 15) is 18.0 Å². The quantitative estimate of drug-likeness (QED) is 0.155. The molecule has 1 amide bonds. The number of nitrogens with one attached hydrogen (secondary N) is 2. The number of carbonyl (C=O) groups is 2. The molecule has 0 saturated carbocycles. The first kappa shape index (κ1) is 33.8. The second-order valence-electron chi connectivity index (χ2n) is 9.70. The predicted octanol–water partition coefficient (Wildman–Crippen LogP) is 6.65. The summed E-state index contributed by atoms with van der Waals surface area (Å²) in [5.41, 5.74) is -0.0552. The standard InChI is InChI=1S/C31H31ClN4O9S/c1-6-43-24-16-21(30(37)42-5)28(45-31(38)35-25-9-7-8-14-33-25)27(29(24)44-23-15-20(41-4)11-12-22(23)32)36-46(39,40)26-13-10-19(17-34-26)18(2)3/h7-18,36H,6H2,1-5H3,(H,33,35,38). The Balaban J connectivity index is 1.96. The van der Waals surface area contributed by atoms with Gasteiger partial charge in [0.05, 0.1) is 25.8 Å². The fourth-order valence-electron chi connectivity index (χ4n) is 3.98. The van der Waals surface area contributed by atoms with Gasteiger partial charge in [0.15, 0.2) is 22.3 Å². The van der Waals surface area contributed by atoms with Gasteiger partial charge in [0.2, 0.25) is 0 Å². The van der Waals surface area contributed by atoms with Crippen LogP contribution in [-0.2, 0) is 14.8 Å². The molecule has 0 aliphatic heterocycles. The van der Waals surface area contributed by atoms with Crippen LogP contribution in [0.5, 0.6) is 28.7 Å². The van der Waals surface area contributed by atoms with Crippen LogP contribution in [0.4, 0.5) is 16.3 Å². The topological polar surface area (TPSA) is 164 Å². The Morgan fingerprint density at radius 3 is 2.37 bits per heavy atom. The normalized spacial score (nSPS) is 11.0. The van der Waals surface area contributed by atoms with E-state index in [4.69, 9.17) is 35.3 Å². The van der Waals surface area contributed by atoms with E-state index in [1.54, 1.807) is 31.2 Å². The van der Waals surface area contributed by atoms with Crippen molar-refractivity contribution in [3.63, 3.8) is 0 Å². The van der Waals surface area contributed by atoms with Crippen molar-refractivity contribution in [3.8, 4) is 28.7 Å². The minimum absolute atomic E-state index is 0.0246. The van der Waals surface area contributed by atoms with Crippen LogP contribution in [0.3, 0.4) is 0 Å². The summed E-state index contributed by atoms with van der Waals surface area (Å²) >= 11 is 6.43. The second kappa shape index (κ2) is 14.8. The molecule has 2 aromatic heterocycles. The first-order valence-corrected chi connectivity index (χ1v) is 15.7. The Hall–Kier alpha value is -5.08. The zero-order valence-electron chi connectivity index (χ0n) is 25.5. The Morgan fingerprint density at radius 2 is 1.76 bits per heavy atom. The first-order valence-electron chi connectivity index (χ1n) is 13.8. The van der Waals surface area contributed by atoms with Crippen LogP contribution in [0.1, 0.15) is 42.6 Å². The van der Waals surface area contributed by atoms with E-state index in [1.165, 1.54) is 49.8 Å². The number of carbonyl (C=O) groups excluding carboxylic acids is 2. The second-order valence-corrected chi connectivity index (χ2v) is 11.7. The number of sulfonamides is 1. The van der Waals surface area contributed by atoms with Gasteiger partial charge in [0, 0.05) is 24.5 Å². The molecule has 0 bridgehead atoms. The molecular weight excluding hydrogens is 640 g/mol. The number of anilines is 2. The van der Waals surface area contributed by atoms with Crippen molar-refractivity contribution in [2.75, 3.05) is 30.9 Å². The van der Waals surface area contributed by atoms with Crippen molar-refractivity contribution in [2.45, 2.75) is 31.7 Å². The molecule has 4 rings (SSSR count). The van der Waals surface area contributed by atoms with Crippen molar-refractivity contribution in [1.29, 1.82) is 0 Å². The molecular formula is C31H31ClN4O9S. The zero-order chi connectivity index (χ0) is 33.4. The number of rotatable bonds is 12. The van der Waals surface area contributed by atoms with E-state index in [2.05, 4.69) is 20.0 Å². The summed E-state index contributed by atoms with van der Waals surface area (Å²) in [6.07, 6.45) is 1.76. The Kier molecular flexibility index (Phi) is 10.9. The van der Waals surface area contributed by atoms with Crippen LogP contribution < -0.4 is 29.0 Å². The van der Waals surface area contributed by atoms with E-state index in [1.807, 2.05) is 13.8 Å². The van der Waals surface area contributed by atoms with Crippen LogP contribution in [0.15, 0.2) is 72.0 Å². The molecule has 4 aromatic rings. The summed E-state index contributed by atoms with van der Waals surface area (Å²) in [5, 5.41) is 2.18. The van der Waals surface area contributed by atoms with Gasteiger partial charge in [0.25, 0.3) is 10.0 Å². The molecule has 2 heterocycles. The maximum absolute atomic E-state index is 13.8. The van der Waals surface area contributed by atoms with Crippen LogP contribution in [0.2, 0.25) is 5.02 Å². The summed E-state index contributed by atoms with van der Waals surface area (Å²) in [6.45, 7) is 5.59. The van der Waals surface area contributed by atoms with Gasteiger partial charge in [-0.05, 0) is 48.7 Å². The van der Waals surface area contributed by atoms with Gasteiger partial charge in [0.1, 0.15) is 28.6 Å². The van der Waals surface area contributed by atoms with Gasteiger partial charge in [-0.3, -0.25) is 10.0 Å². The van der Waals surface area contributed by atoms with Crippen molar-refractivity contribution in [1.82, 2.24) is 9.97 Å². The van der Waals surface area contributed by atoms with Gasteiger partial charge in [-0.1, -0.05) is 37.6 Å². The van der Waals surface area contributed by atoms with Crippen LogP contribution in [-0.4, -0.2) is 51.3 Å². The number of esters is 1. The molecule has 0 aliphatic rings. The van der Waals surface area contributed by atoms with Gasteiger partial charge in [-0.15, -0.1) is 0 Å². The minimum atomic E-state index is -4.52. The lowest BCUT2D eigenvalue weighted by atomic mass is 10.1. The number of methoxy groups -OCH3 is 2. The van der Waals surface area contributed by atoms with Gasteiger partial charge < -0.3 is 23.7 Å². The number of nitrogens with zero attached hydrogens (tertiary/aromatic N) is 2. The molecule has 15 heteroatoms. The molecule has 0 unspecified atom stereocenters. The van der Waals surface area contributed by atoms with Crippen LogP contribution >= 0.6 is 11.6 Å². The Morgan fingerprint density at radius 1 is 0.978 bits per heavy atom. The lowest BCUT2D eigenvalue weighted by molar-refractivity contribution is 0.0597.